The number of rotatable bonds is 6. The molecule has 164 valence electrons. The van der Waals surface area contributed by atoms with Gasteiger partial charge in [-0.1, -0.05) is 17.7 Å². The van der Waals surface area contributed by atoms with Crippen LogP contribution >= 0.6 is 11.6 Å². The molecule has 2 aliphatic rings. The van der Waals surface area contributed by atoms with Crippen LogP contribution in [0.5, 0.6) is 11.8 Å². The number of nitrogens with zero attached hydrogens (tertiary/aromatic N) is 5. The Morgan fingerprint density at radius 1 is 1.16 bits per heavy atom. The van der Waals surface area contributed by atoms with Gasteiger partial charge in [0.25, 0.3) is 0 Å². The zero-order chi connectivity index (χ0) is 21.8. The average molecular weight is 446 g/mol. The minimum atomic E-state index is -0.186. The molecule has 1 unspecified atom stereocenters. The lowest BCUT2D eigenvalue weighted by Gasteiger charge is -2.33. The monoisotopic (exact) mass is 445 g/mol. The molecule has 2 saturated heterocycles. The highest BCUT2D eigenvalue weighted by Crippen LogP contribution is 2.24. The van der Waals surface area contributed by atoms with E-state index in [0.29, 0.717) is 43.0 Å². The zero-order valence-corrected chi connectivity index (χ0v) is 18.0. The van der Waals surface area contributed by atoms with Gasteiger partial charge in [0.1, 0.15) is 12.6 Å². The Bertz CT molecular complexity index is 942. The third-order valence-corrected chi connectivity index (χ3v) is 5.62. The molecule has 0 spiro atoms. The van der Waals surface area contributed by atoms with Gasteiger partial charge < -0.3 is 19.3 Å². The highest BCUT2D eigenvalue weighted by molar-refractivity contribution is 6.30. The fourth-order valence-corrected chi connectivity index (χ4v) is 3.97. The summed E-state index contributed by atoms with van der Waals surface area (Å²) in [7, 11) is 1.52. The summed E-state index contributed by atoms with van der Waals surface area (Å²) in [6.07, 6.45) is 1.48. The first-order valence-electron chi connectivity index (χ1n) is 10.2. The van der Waals surface area contributed by atoms with Gasteiger partial charge in [-0.25, -0.2) is 4.79 Å². The van der Waals surface area contributed by atoms with Crippen molar-refractivity contribution in [1.82, 2.24) is 20.0 Å². The van der Waals surface area contributed by atoms with Crippen LogP contribution in [0.25, 0.3) is 0 Å². The molecule has 0 bridgehead atoms. The van der Waals surface area contributed by atoms with E-state index >= 15 is 0 Å². The van der Waals surface area contributed by atoms with Gasteiger partial charge in [0, 0.05) is 42.5 Å². The number of methoxy groups -OCH3 is 1. The Balaban J connectivity index is 1.32. The van der Waals surface area contributed by atoms with E-state index in [-0.39, 0.29) is 24.6 Å². The van der Waals surface area contributed by atoms with Crippen molar-refractivity contribution in [2.24, 2.45) is 0 Å². The predicted octanol–water partition coefficient (Wildman–Crippen LogP) is 2.45. The van der Waals surface area contributed by atoms with E-state index in [1.807, 2.05) is 6.07 Å². The Labute approximate surface area is 185 Å². The van der Waals surface area contributed by atoms with E-state index in [0.717, 1.165) is 18.5 Å². The van der Waals surface area contributed by atoms with Gasteiger partial charge in [-0.2, -0.15) is 0 Å². The van der Waals surface area contributed by atoms with Crippen LogP contribution in [-0.4, -0.2) is 77.9 Å². The molecule has 2 fully saturated rings. The van der Waals surface area contributed by atoms with Gasteiger partial charge >= 0.3 is 6.03 Å². The molecule has 9 nitrogen and oxygen atoms in total. The quantitative estimate of drug-likeness (QED) is 0.678. The van der Waals surface area contributed by atoms with Crippen LogP contribution in [0.4, 0.5) is 10.5 Å². The van der Waals surface area contributed by atoms with Crippen LogP contribution in [-0.2, 0) is 4.79 Å². The maximum Gasteiger partial charge on any atom is 0.325 e. The molecule has 2 aliphatic heterocycles. The molecule has 10 heteroatoms. The number of piperidine rings is 1. The lowest BCUT2D eigenvalue weighted by Crippen LogP contribution is -2.48. The Morgan fingerprint density at radius 3 is 2.71 bits per heavy atom. The topological polar surface area (TPSA) is 88.1 Å². The van der Waals surface area contributed by atoms with Gasteiger partial charge in [0.2, 0.25) is 17.7 Å². The van der Waals surface area contributed by atoms with Crippen LogP contribution in [0.2, 0.25) is 5.02 Å². The lowest BCUT2D eigenvalue weighted by atomic mass is 10.1. The average Bonchev–Trinajstić information content (AvgIpc) is 3.14. The van der Waals surface area contributed by atoms with Crippen LogP contribution in [0.3, 0.4) is 0 Å². The van der Waals surface area contributed by atoms with E-state index in [4.69, 9.17) is 21.1 Å². The van der Waals surface area contributed by atoms with Gasteiger partial charge in [-0.3, -0.25) is 9.69 Å². The van der Waals surface area contributed by atoms with Crippen molar-refractivity contribution in [2.45, 2.75) is 18.9 Å². The van der Waals surface area contributed by atoms with Crippen molar-refractivity contribution in [3.05, 3.63) is 41.4 Å². The van der Waals surface area contributed by atoms with Crippen molar-refractivity contribution in [2.75, 3.05) is 44.7 Å². The predicted molar refractivity (Wildman–Crippen MR) is 115 cm³/mol. The minimum absolute atomic E-state index is 0.0466. The molecule has 3 amide bonds. The molecule has 1 atom stereocenters. The minimum Gasteiger partial charge on any atom is -0.480 e. The van der Waals surface area contributed by atoms with Crippen molar-refractivity contribution < 1.29 is 19.1 Å². The van der Waals surface area contributed by atoms with Crippen molar-refractivity contribution >= 4 is 29.2 Å². The number of amides is 3. The Morgan fingerprint density at radius 2 is 1.97 bits per heavy atom. The molecule has 4 rings (SSSR count). The number of hydrogen-bond donors (Lipinski definition) is 0. The third kappa shape index (κ3) is 4.99. The fourth-order valence-electron chi connectivity index (χ4n) is 3.79. The SMILES string of the molecule is COc1ccc(OC2CCCN(C(=O)CN3CCN(c4cccc(Cl)c4)C3=O)C2)nn1. The van der Waals surface area contributed by atoms with E-state index in [1.54, 1.807) is 45.0 Å². The number of likely N-dealkylation sites (tertiary alicyclic amines) is 1. The number of aromatic nitrogens is 2. The molecule has 0 aliphatic carbocycles. The Hall–Kier alpha value is -3.07. The summed E-state index contributed by atoms with van der Waals surface area (Å²) in [6, 6.07) is 10.3. The number of hydrogen-bond acceptors (Lipinski definition) is 6. The molecule has 1 aromatic carbocycles. The maximum absolute atomic E-state index is 12.9. The summed E-state index contributed by atoms with van der Waals surface area (Å²) in [5.74, 6) is 0.720. The van der Waals surface area contributed by atoms with Crippen molar-refractivity contribution in [1.29, 1.82) is 0 Å². The number of benzene rings is 1. The first-order valence-corrected chi connectivity index (χ1v) is 10.6. The van der Waals surface area contributed by atoms with Crippen LogP contribution in [0.1, 0.15) is 12.8 Å². The van der Waals surface area contributed by atoms with Crippen LogP contribution < -0.4 is 14.4 Å². The fraction of sp³-hybridized carbons (Fsp3) is 0.429. The van der Waals surface area contributed by atoms with Gasteiger partial charge in [0.15, 0.2) is 0 Å². The molecule has 0 saturated carbocycles. The van der Waals surface area contributed by atoms with Gasteiger partial charge in [0.05, 0.1) is 13.7 Å². The van der Waals surface area contributed by atoms with E-state index in [2.05, 4.69) is 10.2 Å². The van der Waals surface area contributed by atoms with Crippen LogP contribution in [0, 0.1) is 0 Å². The largest absolute Gasteiger partial charge is 0.480 e. The summed E-state index contributed by atoms with van der Waals surface area (Å²) in [6.45, 7) is 2.16. The summed E-state index contributed by atoms with van der Waals surface area (Å²) < 4.78 is 10.9. The summed E-state index contributed by atoms with van der Waals surface area (Å²) in [5.41, 5.74) is 0.736. The molecule has 0 N–H and O–H groups in total. The second-order valence-electron chi connectivity index (χ2n) is 7.47. The van der Waals surface area contributed by atoms with Gasteiger partial charge in [-0.05, 0) is 31.0 Å². The molecular formula is C21H24ClN5O4. The lowest BCUT2D eigenvalue weighted by molar-refractivity contribution is -0.134. The standard InChI is InChI=1S/C21H24ClN5O4/c1-30-18-7-8-19(24-23-18)31-17-6-3-9-25(13-17)20(28)14-26-10-11-27(21(26)29)16-5-2-4-15(22)12-16/h2,4-5,7-8,12,17H,3,6,9-11,13-14H2,1H3. The van der Waals surface area contributed by atoms with Gasteiger partial charge in [-0.15, -0.1) is 10.2 Å². The first kappa shape index (κ1) is 21.2. The van der Waals surface area contributed by atoms with Crippen molar-refractivity contribution in [3.8, 4) is 11.8 Å². The number of urea groups is 1. The third-order valence-electron chi connectivity index (χ3n) is 5.38. The maximum atomic E-state index is 12.9. The second kappa shape index (κ2) is 9.38. The summed E-state index contributed by atoms with van der Waals surface area (Å²) in [4.78, 5) is 30.6. The van der Waals surface area contributed by atoms with Crippen molar-refractivity contribution in [3.63, 3.8) is 0 Å². The molecule has 1 aromatic heterocycles. The number of halogens is 1. The van der Waals surface area contributed by atoms with E-state index in [9.17, 15) is 9.59 Å². The molecule has 31 heavy (non-hydrogen) atoms. The first-order chi connectivity index (χ1) is 15.0. The van der Waals surface area contributed by atoms with Crippen LogP contribution in [0.15, 0.2) is 36.4 Å². The van der Waals surface area contributed by atoms with E-state index in [1.165, 1.54) is 7.11 Å². The molecule has 2 aromatic rings. The number of anilines is 1. The summed E-state index contributed by atoms with van der Waals surface area (Å²) in [5, 5.41) is 8.45. The van der Waals surface area contributed by atoms with E-state index < -0.39 is 0 Å². The molecule has 0 radical (unpaired) electrons. The normalized spacial score (nSPS) is 19.0. The second-order valence-corrected chi connectivity index (χ2v) is 7.91. The number of carbonyl (C=O) groups is 2. The molecular weight excluding hydrogens is 422 g/mol. The number of ether oxygens (including phenoxy) is 2. The zero-order valence-electron chi connectivity index (χ0n) is 17.2. The molecule has 3 heterocycles. The number of carbonyl (C=O) groups excluding carboxylic acids is 2. The smallest absolute Gasteiger partial charge is 0.325 e. The Kier molecular flexibility index (Phi) is 6.41. The summed E-state index contributed by atoms with van der Waals surface area (Å²) >= 11 is 6.04. The highest BCUT2D eigenvalue weighted by Gasteiger charge is 2.33. The highest BCUT2D eigenvalue weighted by atomic mass is 35.5.